The average Bonchev–Trinajstić information content (AvgIpc) is 2.14. The lowest BCUT2D eigenvalue weighted by Gasteiger charge is -2.04. The highest BCUT2D eigenvalue weighted by atomic mass is 35.5. The zero-order valence-electron chi connectivity index (χ0n) is 7.04. The number of hydrogen-bond acceptors (Lipinski definition) is 3. The van der Waals surface area contributed by atoms with Gasteiger partial charge in [-0.15, -0.1) is 0 Å². The maximum Gasteiger partial charge on any atom is 0.106 e. The molecule has 0 fully saturated rings. The Morgan fingerprint density at radius 2 is 2.31 bits per heavy atom. The SMILES string of the molecule is Cc1c(CN=O)ccc(C#N)c1Cl. The van der Waals surface area contributed by atoms with Gasteiger partial charge in [0.1, 0.15) is 12.6 Å². The summed E-state index contributed by atoms with van der Waals surface area (Å²) in [6.07, 6.45) is 0. The Balaban J connectivity index is 3.24. The third kappa shape index (κ3) is 1.85. The van der Waals surface area contributed by atoms with Gasteiger partial charge in [0.15, 0.2) is 0 Å². The molecule has 0 atom stereocenters. The molecule has 0 heterocycles. The lowest BCUT2D eigenvalue weighted by Crippen LogP contribution is -1.90. The number of nitroso groups, excluding NO2 is 1. The largest absolute Gasteiger partial charge is 0.192 e. The van der Waals surface area contributed by atoms with Gasteiger partial charge in [0.2, 0.25) is 0 Å². The summed E-state index contributed by atoms with van der Waals surface area (Å²) in [6, 6.07) is 5.25. The van der Waals surface area contributed by atoms with E-state index in [1.165, 1.54) is 0 Å². The van der Waals surface area contributed by atoms with Crippen LogP contribution in [-0.4, -0.2) is 0 Å². The van der Waals surface area contributed by atoms with Gasteiger partial charge in [0.25, 0.3) is 0 Å². The van der Waals surface area contributed by atoms with Crippen molar-refractivity contribution in [2.75, 3.05) is 0 Å². The van der Waals surface area contributed by atoms with Gasteiger partial charge in [-0.3, -0.25) is 0 Å². The van der Waals surface area contributed by atoms with Crippen LogP contribution in [0.5, 0.6) is 0 Å². The molecule has 1 aromatic carbocycles. The molecular formula is C9H7ClN2O. The lowest BCUT2D eigenvalue weighted by molar-refractivity contribution is 1.03. The van der Waals surface area contributed by atoms with Crippen molar-refractivity contribution in [2.45, 2.75) is 13.5 Å². The minimum atomic E-state index is 0.0945. The molecule has 0 saturated heterocycles. The van der Waals surface area contributed by atoms with Crippen molar-refractivity contribution in [3.05, 3.63) is 38.8 Å². The third-order valence-corrected chi connectivity index (χ3v) is 2.34. The summed E-state index contributed by atoms with van der Waals surface area (Å²) < 4.78 is 0. The molecule has 0 radical (unpaired) electrons. The van der Waals surface area contributed by atoms with Crippen molar-refractivity contribution in [2.24, 2.45) is 5.18 Å². The van der Waals surface area contributed by atoms with Gasteiger partial charge in [-0.2, -0.15) is 10.2 Å². The molecule has 0 N–H and O–H groups in total. The summed E-state index contributed by atoms with van der Waals surface area (Å²) in [5.74, 6) is 0. The fourth-order valence-corrected chi connectivity index (χ4v) is 1.28. The first-order valence-corrected chi connectivity index (χ1v) is 4.05. The first-order chi connectivity index (χ1) is 6.20. The van der Waals surface area contributed by atoms with Crippen LogP contribution in [0.3, 0.4) is 0 Å². The van der Waals surface area contributed by atoms with Crippen molar-refractivity contribution in [3.63, 3.8) is 0 Å². The summed E-state index contributed by atoms with van der Waals surface area (Å²) in [5, 5.41) is 11.8. The third-order valence-electron chi connectivity index (χ3n) is 1.85. The van der Waals surface area contributed by atoms with Crippen LogP contribution in [0.4, 0.5) is 0 Å². The molecule has 1 rings (SSSR count). The number of halogens is 1. The monoisotopic (exact) mass is 194 g/mol. The first kappa shape index (κ1) is 9.69. The van der Waals surface area contributed by atoms with E-state index in [-0.39, 0.29) is 6.54 Å². The van der Waals surface area contributed by atoms with E-state index in [0.29, 0.717) is 10.6 Å². The Bertz CT molecular complexity index is 382. The van der Waals surface area contributed by atoms with Crippen molar-refractivity contribution in [3.8, 4) is 6.07 Å². The zero-order valence-corrected chi connectivity index (χ0v) is 7.80. The number of nitriles is 1. The molecule has 13 heavy (non-hydrogen) atoms. The fourth-order valence-electron chi connectivity index (χ4n) is 1.05. The highest BCUT2D eigenvalue weighted by Crippen LogP contribution is 2.23. The molecule has 0 saturated carbocycles. The molecule has 0 bridgehead atoms. The Kier molecular flexibility index (Phi) is 2.99. The molecule has 66 valence electrons. The van der Waals surface area contributed by atoms with E-state index in [4.69, 9.17) is 16.9 Å². The Morgan fingerprint density at radius 1 is 1.62 bits per heavy atom. The van der Waals surface area contributed by atoms with Gasteiger partial charge in [0, 0.05) is 0 Å². The molecule has 0 amide bonds. The molecule has 4 heteroatoms. The number of rotatable bonds is 2. The van der Waals surface area contributed by atoms with Crippen LogP contribution >= 0.6 is 11.6 Å². The molecule has 0 spiro atoms. The Labute approximate surface area is 80.9 Å². The van der Waals surface area contributed by atoms with Crippen LogP contribution in [0, 0.1) is 23.2 Å². The van der Waals surface area contributed by atoms with E-state index in [9.17, 15) is 4.91 Å². The van der Waals surface area contributed by atoms with E-state index in [2.05, 4.69) is 5.18 Å². The van der Waals surface area contributed by atoms with Crippen molar-refractivity contribution < 1.29 is 0 Å². The lowest BCUT2D eigenvalue weighted by atomic mass is 10.1. The molecule has 3 nitrogen and oxygen atoms in total. The van der Waals surface area contributed by atoms with Gasteiger partial charge < -0.3 is 0 Å². The van der Waals surface area contributed by atoms with Crippen LogP contribution in [0.25, 0.3) is 0 Å². The second kappa shape index (κ2) is 4.01. The number of nitrogens with zero attached hydrogens (tertiary/aromatic N) is 2. The van der Waals surface area contributed by atoms with Gasteiger partial charge >= 0.3 is 0 Å². The molecule has 0 aliphatic carbocycles. The van der Waals surface area contributed by atoms with E-state index in [1.807, 2.05) is 6.07 Å². The van der Waals surface area contributed by atoms with Crippen LogP contribution in [0.1, 0.15) is 16.7 Å². The normalized spacial score (nSPS) is 9.31. The summed E-state index contributed by atoms with van der Waals surface area (Å²) in [7, 11) is 0. The highest BCUT2D eigenvalue weighted by Gasteiger charge is 2.07. The Morgan fingerprint density at radius 3 is 2.85 bits per heavy atom. The van der Waals surface area contributed by atoms with Gasteiger partial charge in [-0.1, -0.05) is 22.8 Å². The topological polar surface area (TPSA) is 53.2 Å². The van der Waals surface area contributed by atoms with Crippen LogP contribution in [0.15, 0.2) is 17.3 Å². The van der Waals surface area contributed by atoms with Crippen molar-refractivity contribution in [1.29, 1.82) is 5.26 Å². The smallest absolute Gasteiger partial charge is 0.106 e. The first-order valence-electron chi connectivity index (χ1n) is 3.68. The fraction of sp³-hybridized carbons (Fsp3) is 0.222. The molecule has 1 aromatic rings. The zero-order chi connectivity index (χ0) is 9.84. The molecule has 0 aromatic heterocycles. The van der Waals surface area contributed by atoms with E-state index >= 15 is 0 Å². The van der Waals surface area contributed by atoms with Crippen molar-refractivity contribution >= 4 is 11.6 Å². The summed E-state index contributed by atoms with van der Waals surface area (Å²) in [6.45, 7) is 1.86. The molecule has 0 aliphatic heterocycles. The number of hydrogen-bond donors (Lipinski definition) is 0. The number of benzene rings is 1. The van der Waals surface area contributed by atoms with E-state index in [0.717, 1.165) is 11.1 Å². The van der Waals surface area contributed by atoms with Crippen LogP contribution < -0.4 is 0 Å². The molecule has 0 unspecified atom stereocenters. The van der Waals surface area contributed by atoms with Gasteiger partial charge in [0.05, 0.1) is 10.6 Å². The minimum Gasteiger partial charge on any atom is -0.192 e. The maximum absolute atomic E-state index is 10.0. The van der Waals surface area contributed by atoms with E-state index < -0.39 is 0 Å². The summed E-state index contributed by atoms with van der Waals surface area (Å²) in [5.41, 5.74) is 1.94. The maximum atomic E-state index is 10.0. The summed E-state index contributed by atoms with van der Waals surface area (Å²) in [4.78, 5) is 10.0. The second-order valence-electron chi connectivity index (χ2n) is 2.61. The predicted molar refractivity (Wildman–Crippen MR) is 50.4 cm³/mol. The van der Waals surface area contributed by atoms with Gasteiger partial charge in [-0.25, -0.2) is 0 Å². The van der Waals surface area contributed by atoms with Crippen LogP contribution in [-0.2, 0) is 6.54 Å². The minimum absolute atomic E-state index is 0.0945. The van der Waals surface area contributed by atoms with Crippen LogP contribution in [0.2, 0.25) is 5.02 Å². The second-order valence-corrected chi connectivity index (χ2v) is 2.99. The van der Waals surface area contributed by atoms with Crippen molar-refractivity contribution in [1.82, 2.24) is 0 Å². The van der Waals surface area contributed by atoms with Gasteiger partial charge in [-0.05, 0) is 24.1 Å². The standard InChI is InChI=1S/C9H7ClN2O/c1-6-8(5-12-13)3-2-7(4-11)9(6)10/h2-3H,5H2,1H3. The quantitative estimate of drug-likeness (QED) is 0.680. The molecular weight excluding hydrogens is 188 g/mol. The highest BCUT2D eigenvalue weighted by molar-refractivity contribution is 6.32. The average molecular weight is 195 g/mol. The predicted octanol–water partition coefficient (Wildman–Crippen LogP) is 2.79. The summed E-state index contributed by atoms with van der Waals surface area (Å²) >= 11 is 5.87. The molecule has 0 aliphatic rings. The van der Waals surface area contributed by atoms with E-state index in [1.54, 1.807) is 19.1 Å². The Hall–Kier alpha value is -1.40.